The van der Waals surface area contributed by atoms with Crippen LogP contribution in [-0.4, -0.2) is 76.7 Å². The van der Waals surface area contributed by atoms with Crippen LogP contribution in [0.2, 0.25) is 0 Å². The molecule has 0 aliphatic heterocycles. The van der Waals surface area contributed by atoms with Crippen molar-refractivity contribution in [2.75, 3.05) is 6.61 Å². The number of hydrogen-bond acceptors (Lipinski definition) is 9. The van der Waals surface area contributed by atoms with Crippen LogP contribution in [0.15, 0.2) is 103 Å². The first-order chi connectivity index (χ1) is 29.1. The van der Waals surface area contributed by atoms with Crippen molar-refractivity contribution in [2.24, 2.45) is 11.7 Å². The highest BCUT2D eigenvalue weighted by atomic mass is 19.1. The number of carboxylic acid groups (broad SMARTS) is 2. The molecular formula is C45H47FN4O11. The third kappa shape index (κ3) is 11.3. The number of amides is 4. The molecule has 1 unspecified atom stereocenters. The Balaban J connectivity index is 1.37. The van der Waals surface area contributed by atoms with Crippen LogP contribution in [0.4, 0.5) is 9.18 Å². The molecule has 3 atom stereocenters. The predicted molar refractivity (Wildman–Crippen MR) is 218 cm³/mol. The number of ether oxygens (including phenoxy) is 2. The number of hydrogen-bond donors (Lipinski definition) is 6. The Morgan fingerprint density at radius 1 is 0.689 bits per heavy atom. The number of benzene rings is 4. The lowest BCUT2D eigenvalue weighted by Gasteiger charge is -2.25. The van der Waals surface area contributed by atoms with Crippen LogP contribution < -0.4 is 21.7 Å². The van der Waals surface area contributed by atoms with Crippen LogP contribution in [0.5, 0.6) is 0 Å². The summed E-state index contributed by atoms with van der Waals surface area (Å²) >= 11 is 0. The summed E-state index contributed by atoms with van der Waals surface area (Å²) in [7, 11) is 0. The Labute approximate surface area is 350 Å². The molecule has 0 bridgehead atoms. The van der Waals surface area contributed by atoms with Crippen LogP contribution in [0.3, 0.4) is 0 Å². The standard InChI is InChI=1S/C45H47FN4O11/c1-26(2)22-36(39(47)52)48-41(54)37(23-27-16-18-29(19-17-27)45(46,42(55)56)43(57)58)49-40(53)35(20-21-38(51)60-24-28-10-4-3-5-11-28)50-44(59)61-25-34-32-14-8-6-12-30(32)31-13-7-9-15-33(31)34/h3-19,26,34-37H,20-25H2,1-2H3,(H2,47,52)(H,48,54)(H,49,53)(H,50,59)(H,55,56)(H,57,58)/t35?,36-,37-/m0/s1. The highest BCUT2D eigenvalue weighted by Crippen LogP contribution is 2.44. The van der Waals surface area contributed by atoms with Crippen LogP contribution in [0.25, 0.3) is 11.1 Å². The Morgan fingerprint density at radius 3 is 1.79 bits per heavy atom. The van der Waals surface area contributed by atoms with Crippen LogP contribution in [0.1, 0.15) is 66.8 Å². The number of nitrogens with two attached hydrogens (primary N) is 1. The highest BCUT2D eigenvalue weighted by molar-refractivity contribution is 6.02. The van der Waals surface area contributed by atoms with Crippen molar-refractivity contribution in [3.05, 3.63) is 131 Å². The number of alkyl halides is 1. The zero-order valence-electron chi connectivity index (χ0n) is 33.5. The molecule has 1 aliphatic rings. The van der Waals surface area contributed by atoms with E-state index in [2.05, 4.69) is 16.0 Å². The van der Waals surface area contributed by atoms with Crippen molar-refractivity contribution < 1.29 is 57.6 Å². The Bertz CT molecular complexity index is 2190. The Kier molecular flexibility index (Phi) is 14.9. The lowest BCUT2D eigenvalue weighted by Crippen LogP contribution is -2.57. The number of fused-ring (bicyclic) bond motifs is 3. The second-order valence-corrected chi connectivity index (χ2v) is 15.0. The normalized spacial score (nSPS) is 13.4. The maximum atomic E-state index is 15.1. The zero-order chi connectivity index (χ0) is 44.3. The van der Waals surface area contributed by atoms with E-state index < -0.39 is 71.1 Å². The molecule has 4 aromatic carbocycles. The molecule has 0 saturated heterocycles. The fourth-order valence-electron chi connectivity index (χ4n) is 7.04. The molecule has 0 radical (unpaired) electrons. The van der Waals surface area contributed by atoms with E-state index in [1.807, 2.05) is 48.5 Å². The molecule has 320 valence electrons. The van der Waals surface area contributed by atoms with Crippen molar-refractivity contribution in [2.45, 2.75) is 75.8 Å². The number of carboxylic acids is 2. The highest BCUT2D eigenvalue weighted by Gasteiger charge is 2.49. The molecule has 0 heterocycles. The maximum absolute atomic E-state index is 15.1. The molecule has 4 aromatic rings. The zero-order valence-corrected chi connectivity index (χ0v) is 33.5. The van der Waals surface area contributed by atoms with Gasteiger partial charge in [-0.25, -0.2) is 18.8 Å². The number of nitrogens with one attached hydrogen (secondary N) is 3. The van der Waals surface area contributed by atoms with Gasteiger partial charge in [-0.1, -0.05) is 117 Å². The van der Waals surface area contributed by atoms with E-state index in [-0.39, 0.29) is 56.3 Å². The van der Waals surface area contributed by atoms with Gasteiger partial charge in [0, 0.05) is 24.3 Å². The van der Waals surface area contributed by atoms with E-state index in [0.29, 0.717) is 0 Å². The summed E-state index contributed by atoms with van der Waals surface area (Å²) in [5.74, 6) is -8.24. The van der Waals surface area contributed by atoms with Gasteiger partial charge in [-0.05, 0) is 52.1 Å². The van der Waals surface area contributed by atoms with Crippen molar-refractivity contribution in [1.82, 2.24) is 16.0 Å². The monoisotopic (exact) mass is 838 g/mol. The average molecular weight is 839 g/mol. The molecule has 16 heteroatoms. The van der Waals surface area contributed by atoms with Crippen molar-refractivity contribution in [3.63, 3.8) is 0 Å². The number of carbonyl (C=O) groups is 7. The topological polar surface area (TPSA) is 241 Å². The van der Waals surface area contributed by atoms with Gasteiger partial charge in [-0.2, -0.15) is 0 Å². The summed E-state index contributed by atoms with van der Waals surface area (Å²) in [5.41, 5.74) is 5.92. The van der Waals surface area contributed by atoms with E-state index in [1.54, 1.807) is 44.2 Å². The van der Waals surface area contributed by atoms with Gasteiger partial charge in [0.15, 0.2) is 0 Å². The molecule has 5 rings (SSSR count). The second-order valence-electron chi connectivity index (χ2n) is 15.0. The van der Waals surface area contributed by atoms with Gasteiger partial charge >= 0.3 is 29.7 Å². The van der Waals surface area contributed by atoms with Gasteiger partial charge in [-0.15, -0.1) is 0 Å². The summed E-state index contributed by atoms with van der Waals surface area (Å²) in [6.45, 7) is 3.46. The van der Waals surface area contributed by atoms with E-state index in [0.717, 1.165) is 39.9 Å². The fraction of sp³-hybridized carbons (Fsp3) is 0.311. The number of aliphatic carboxylic acids is 2. The molecule has 15 nitrogen and oxygen atoms in total. The molecule has 7 N–H and O–H groups in total. The third-order valence-corrected chi connectivity index (χ3v) is 10.2. The third-order valence-electron chi connectivity index (χ3n) is 10.2. The van der Waals surface area contributed by atoms with Crippen molar-refractivity contribution in [3.8, 4) is 11.1 Å². The summed E-state index contributed by atoms with van der Waals surface area (Å²) in [6.07, 6.45) is -1.83. The smallest absolute Gasteiger partial charge is 0.407 e. The van der Waals surface area contributed by atoms with Gasteiger partial charge in [0.25, 0.3) is 0 Å². The summed E-state index contributed by atoms with van der Waals surface area (Å²) in [4.78, 5) is 89.7. The fourth-order valence-corrected chi connectivity index (χ4v) is 7.04. The maximum Gasteiger partial charge on any atom is 0.407 e. The van der Waals surface area contributed by atoms with Crippen molar-refractivity contribution in [1.29, 1.82) is 0 Å². The Morgan fingerprint density at radius 2 is 1.23 bits per heavy atom. The van der Waals surface area contributed by atoms with E-state index in [1.165, 1.54) is 12.1 Å². The minimum Gasteiger partial charge on any atom is -0.478 e. The Hall–Kier alpha value is -7.10. The summed E-state index contributed by atoms with van der Waals surface area (Å²) in [6, 6.07) is 24.3. The number of rotatable bonds is 20. The number of halogens is 1. The number of carbonyl (C=O) groups excluding carboxylic acids is 5. The summed E-state index contributed by atoms with van der Waals surface area (Å²) < 4.78 is 26.1. The first-order valence-corrected chi connectivity index (χ1v) is 19.5. The first kappa shape index (κ1) is 45.0. The minimum atomic E-state index is -3.77. The van der Waals surface area contributed by atoms with Crippen LogP contribution in [0, 0.1) is 5.92 Å². The molecule has 0 spiro atoms. The number of alkyl carbamates (subject to hydrolysis) is 1. The molecule has 0 aromatic heterocycles. The molecule has 0 fully saturated rings. The van der Waals surface area contributed by atoms with Gasteiger partial charge in [-0.3, -0.25) is 19.2 Å². The van der Waals surface area contributed by atoms with Crippen LogP contribution in [-0.2, 0) is 56.9 Å². The minimum absolute atomic E-state index is 0.0444. The van der Waals surface area contributed by atoms with E-state index >= 15 is 4.39 Å². The predicted octanol–water partition coefficient (Wildman–Crippen LogP) is 4.50. The lowest BCUT2D eigenvalue weighted by atomic mass is 9.93. The molecule has 0 saturated carbocycles. The number of primary amides is 1. The molecular weight excluding hydrogens is 792 g/mol. The van der Waals surface area contributed by atoms with Gasteiger partial charge < -0.3 is 41.4 Å². The lowest BCUT2D eigenvalue weighted by molar-refractivity contribution is -0.168. The van der Waals surface area contributed by atoms with Gasteiger partial charge in [0.05, 0.1) is 0 Å². The number of esters is 1. The quantitative estimate of drug-likeness (QED) is 0.0535. The van der Waals surface area contributed by atoms with Gasteiger partial charge in [0.2, 0.25) is 17.7 Å². The summed E-state index contributed by atoms with van der Waals surface area (Å²) in [5, 5.41) is 26.3. The largest absolute Gasteiger partial charge is 0.478 e. The second kappa shape index (κ2) is 20.2. The SMILES string of the molecule is CC(C)C[C@H](NC(=O)[C@H](Cc1ccc(C(F)(C(=O)O)C(=O)O)cc1)NC(=O)C(CCC(=O)OCc1ccccc1)NC(=O)OCC1c2ccccc2-c2ccccc21)C(N)=O. The van der Waals surface area contributed by atoms with Gasteiger partial charge in [0.1, 0.15) is 31.3 Å². The molecule has 4 amide bonds. The first-order valence-electron chi connectivity index (χ1n) is 19.5. The van der Waals surface area contributed by atoms with E-state index in [9.17, 15) is 43.8 Å². The van der Waals surface area contributed by atoms with Crippen LogP contribution >= 0.6 is 0 Å². The van der Waals surface area contributed by atoms with Crippen molar-refractivity contribution >= 4 is 41.7 Å². The average Bonchev–Trinajstić information content (AvgIpc) is 3.56. The molecule has 1 aliphatic carbocycles. The molecule has 61 heavy (non-hydrogen) atoms. The van der Waals surface area contributed by atoms with E-state index in [4.69, 9.17) is 15.2 Å².